The van der Waals surface area contributed by atoms with Crippen molar-refractivity contribution in [3.63, 3.8) is 0 Å². The molecule has 94 valence electrons. The van der Waals surface area contributed by atoms with Crippen LogP contribution >= 0.6 is 0 Å². The molecular formula is C16H19NO. The van der Waals surface area contributed by atoms with E-state index in [0.717, 1.165) is 12.2 Å². The third kappa shape index (κ3) is 3.52. The van der Waals surface area contributed by atoms with Crippen molar-refractivity contribution in [3.05, 3.63) is 60.2 Å². The quantitative estimate of drug-likeness (QED) is 0.795. The molecule has 0 fully saturated rings. The van der Waals surface area contributed by atoms with Gasteiger partial charge in [-0.1, -0.05) is 30.3 Å². The molecule has 0 N–H and O–H groups in total. The van der Waals surface area contributed by atoms with E-state index < -0.39 is 0 Å². The maximum absolute atomic E-state index is 5.68. The lowest BCUT2D eigenvalue weighted by molar-refractivity contribution is 0.322. The Morgan fingerprint density at radius 1 is 0.889 bits per heavy atom. The molecule has 0 aliphatic rings. The molecule has 0 radical (unpaired) electrons. The molecule has 0 amide bonds. The average molecular weight is 241 g/mol. The lowest BCUT2D eigenvalue weighted by atomic mass is 10.1. The Labute approximate surface area is 109 Å². The lowest BCUT2D eigenvalue weighted by Crippen LogP contribution is -2.08. The first-order valence-corrected chi connectivity index (χ1v) is 6.20. The fourth-order valence-electron chi connectivity index (χ4n) is 1.76. The maximum Gasteiger partial charge on any atom is 0.119 e. The molecule has 0 spiro atoms. The van der Waals surface area contributed by atoms with Gasteiger partial charge in [0.2, 0.25) is 0 Å². The molecule has 0 aliphatic heterocycles. The van der Waals surface area contributed by atoms with Crippen molar-refractivity contribution in [1.82, 2.24) is 0 Å². The number of rotatable bonds is 5. The smallest absolute Gasteiger partial charge is 0.119 e. The average Bonchev–Trinajstić information content (AvgIpc) is 2.40. The van der Waals surface area contributed by atoms with Gasteiger partial charge in [-0.3, -0.25) is 0 Å². The highest BCUT2D eigenvalue weighted by Gasteiger charge is 1.97. The molecule has 18 heavy (non-hydrogen) atoms. The van der Waals surface area contributed by atoms with Crippen LogP contribution in [0.25, 0.3) is 0 Å². The Bertz CT molecular complexity index is 462. The molecule has 0 heterocycles. The summed E-state index contributed by atoms with van der Waals surface area (Å²) >= 11 is 0. The highest BCUT2D eigenvalue weighted by atomic mass is 16.5. The first-order chi connectivity index (χ1) is 8.75. The van der Waals surface area contributed by atoms with Gasteiger partial charge in [0.05, 0.1) is 6.61 Å². The molecule has 2 aromatic carbocycles. The van der Waals surface area contributed by atoms with E-state index in [2.05, 4.69) is 29.2 Å². The second kappa shape index (κ2) is 6.10. The Hall–Kier alpha value is -1.96. The zero-order valence-corrected chi connectivity index (χ0v) is 11.0. The van der Waals surface area contributed by atoms with Crippen LogP contribution in [0.3, 0.4) is 0 Å². The van der Waals surface area contributed by atoms with E-state index in [0.29, 0.717) is 6.61 Å². The normalized spacial score (nSPS) is 10.1. The lowest BCUT2D eigenvalue weighted by Gasteiger charge is -2.12. The Balaban J connectivity index is 1.83. The zero-order valence-electron chi connectivity index (χ0n) is 11.0. The standard InChI is InChI=1S/C16H19NO/c1-17(2)15-10-8-14(9-11-15)12-13-18-16-6-4-3-5-7-16/h3-11H,12-13H2,1-2H3. The SMILES string of the molecule is CN(C)c1ccc(CCOc2ccccc2)cc1. The van der Waals surface area contributed by atoms with Gasteiger partial charge in [0.1, 0.15) is 5.75 Å². The summed E-state index contributed by atoms with van der Waals surface area (Å²) in [5.74, 6) is 0.933. The molecular weight excluding hydrogens is 222 g/mol. The number of nitrogens with zero attached hydrogens (tertiary/aromatic N) is 1. The van der Waals surface area contributed by atoms with Crippen LogP contribution in [0.4, 0.5) is 5.69 Å². The molecule has 0 bridgehead atoms. The molecule has 0 atom stereocenters. The van der Waals surface area contributed by atoms with Crippen molar-refractivity contribution < 1.29 is 4.74 Å². The van der Waals surface area contributed by atoms with Crippen molar-refractivity contribution in [2.75, 3.05) is 25.6 Å². The minimum Gasteiger partial charge on any atom is -0.493 e. The van der Waals surface area contributed by atoms with E-state index in [9.17, 15) is 0 Å². The van der Waals surface area contributed by atoms with Crippen LogP contribution in [0.5, 0.6) is 5.75 Å². The molecule has 0 unspecified atom stereocenters. The molecule has 0 aliphatic carbocycles. The zero-order chi connectivity index (χ0) is 12.8. The molecule has 2 heteroatoms. The van der Waals surface area contributed by atoms with Gasteiger partial charge in [0, 0.05) is 26.2 Å². The first-order valence-electron chi connectivity index (χ1n) is 6.20. The van der Waals surface area contributed by atoms with Gasteiger partial charge in [-0.25, -0.2) is 0 Å². The van der Waals surface area contributed by atoms with Gasteiger partial charge in [0.15, 0.2) is 0 Å². The second-order valence-corrected chi connectivity index (χ2v) is 4.47. The summed E-state index contributed by atoms with van der Waals surface area (Å²) in [4.78, 5) is 2.10. The summed E-state index contributed by atoms with van der Waals surface area (Å²) in [5, 5.41) is 0. The molecule has 2 nitrogen and oxygen atoms in total. The van der Waals surface area contributed by atoms with E-state index in [4.69, 9.17) is 4.74 Å². The fourth-order valence-corrected chi connectivity index (χ4v) is 1.76. The predicted octanol–water partition coefficient (Wildman–Crippen LogP) is 3.37. The van der Waals surface area contributed by atoms with Crippen LogP contribution in [0.1, 0.15) is 5.56 Å². The van der Waals surface area contributed by atoms with Crippen LogP contribution in [0.15, 0.2) is 54.6 Å². The van der Waals surface area contributed by atoms with Crippen LogP contribution < -0.4 is 9.64 Å². The number of para-hydroxylation sites is 1. The van der Waals surface area contributed by atoms with Crippen LogP contribution in [0, 0.1) is 0 Å². The van der Waals surface area contributed by atoms with Gasteiger partial charge >= 0.3 is 0 Å². The van der Waals surface area contributed by atoms with E-state index in [1.54, 1.807) is 0 Å². The third-order valence-corrected chi connectivity index (χ3v) is 2.86. The van der Waals surface area contributed by atoms with Gasteiger partial charge in [-0.15, -0.1) is 0 Å². The molecule has 0 aromatic heterocycles. The largest absolute Gasteiger partial charge is 0.493 e. The van der Waals surface area contributed by atoms with Crippen molar-refractivity contribution in [3.8, 4) is 5.75 Å². The Morgan fingerprint density at radius 2 is 1.56 bits per heavy atom. The maximum atomic E-state index is 5.68. The van der Waals surface area contributed by atoms with Gasteiger partial charge in [-0.2, -0.15) is 0 Å². The highest BCUT2D eigenvalue weighted by molar-refractivity contribution is 5.46. The first kappa shape index (κ1) is 12.5. The van der Waals surface area contributed by atoms with E-state index in [-0.39, 0.29) is 0 Å². The van der Waals surface area contributed by atoms with E-state index >= 15 is 0 Å². The number of benzene rings is 2. The molecule has 0 saturated carbocycles. The minimum atomic E-state index is 0.714. The number of anilines is 1. The van der Waals surface area contributed by atoms with Gasteiger partial charge in [0.25, 0.3) is 0 Å². The van der Waals surface area contributed by atoms with E-state index in [1.807, 2.05) is 44.4 Å². The molecule has 0 saturated heterocycles. The van der Waals surface area contributed by atoms with Crippen molar-refractivity contribution >= 4 is 5.69 Å². The van der Waals surface area contributed by atoms with Gasteiger partial charge in [-0.05, 0) is 29.8 Å². The van der Waals surface area contributed by atoms with E-state index in [1.165, 1.54) is 11.3 Å². The molecule has 2 rings (SSSR count). The van der Waals surface area contributed by atoms with Crippen molar-refractivity contribution in [2.45, 2.75) is 6.42 Å². The highest BCUT2D eigenvalue weighted by Crippen LogP contribution is 2.13. The summed E-state index contributed by atoms with van der Waals surface area (Å²) < 4.78 is 5.68. The van der Waals surface area contributed by atoms with Crippen LogP contribution in [-0.2, 0) is 6.42 Å². The number of hydrogen-bond acceptors (Lipinski definition) is 2. The topological polar surface area (TPSA) is 12.5 Å². The van der Waals surface area contributed by atoms with Crippen molar-refractivity contribution in [1.29, 1.82) is 0 Å². The van der Waals surface area contributed by atoms with Gasteiger partial charge < -0.3 is 9.64 Å². The Kier molecular flexibility index (Phi) is 4.24. The fraction of sp³-hybridized carbons (Fsp3) is 0.250. The summed E-state index contributed by atoms with van der Waals surface area (Å²) in [5.41, 5.74) is 2.53. The third-order valence-electron chi connectivity index (χ3n) is 2.86. The van der Waals surface area contributed by atoms with Crippen molar-refractivity contribution in [2.24, 2.45) is 0 Å². The van der Waals surface area contributed by atoms with Crippen LogP contribution in [-0.4, -0.2) is 20.7 Å². The summed E-state index contributed by atoms with van der Waals surface area (Å²) in [6.07, 6.45) is 0.933. The van der Waals surface area contributed by atoms with Crippen LogP contribution in [0.2, 0.25) is 0 Å². The second-order valence-electron chi connectivity index (χ2n) is 4.47. The Morgan fingerprint density at radius 3 is 2.17 bits per heavy atom. The number of hydrogen-bond donors (Lipinski definition) is 0. The predicted molar refractivity (Wildman–Crippen MR) is 76.4 cm³/mol. The monoisotopic (exact) mass is 241 g/mol. The summed E-state index contributed by atoms with van der Waals surface area (Å²) in [6, 6.07) is 18.5. The summed E-state index contributed by atoms with van der Waals surface area (Å²) in [7, 11) is 4.10. The molecule has 2 aromatic rings. The minimum absolute atomic E-state index is 0.714. The summed E-state index contributed by atoms with van der Waals surface area (Å²) in [6.45, 7) is 0.714. The number of ether oxygens (including phenoxy) is 1.